The van der Waals surface area contributed by atoms with Crippen LogP contribution in [0.4, 0.5) is 0 Å². The van der Waals surface area contributed by atoms with E-state index in [0.29, 0.717) is 28.7 Å². The van der Waals surface area contributed by atoms with Crippen LogP contribution in [0.25, 0.3) is 5.78 Å². The number of nitrogens with zero attached hydrogens (tertiary/aromatic N) is 4. The van der Waals surface area contributed by atoms with Gasteiger partial charge in [0.2, 0.25) is 5.16 Å². The van der Waals surface area contributed by atoms with Crippen molar-refractivity contribution in [3.8, 4) is 0 Å². The number of thioether (sulfide) groups is 1. The maximum absolute atomic E-state index is 12.7. The third-order valence-electron chi connectivity index (χ3n) is 4.82. The van der Waals surface area contributed by atoms with Crippen LogP contribution in [0.2, 0.25) is 5.02 Å². The lowest BCUT2D eigenvalue weighted by atomic mass is 9.86. The maximum atomic E-state index is 12.7. The summed E-state index contributed by atoms with van der Waals surface area (Å²) in [5, 5.41) is 7.89. The van der Waals surface area contributed by atoms with Gasteiger partial charge >= 0.3 is 0 Å². The summed E-state index contributed by atoms with van der Waals surface area (Å²) in [6, 6.07) is 11.9. The number of hydrogen-bond acceptors (Lipinski definition) is 6. The molecular weight excluding hydrogens is 412 g/mol. The molecule has 28 heavy (non-hydrogen) atoms. The fraction of sp³-hybridized carbons (Fsp3) is 0.200. The van der Waals surface area contributed by atoms with Crippen LogP contribution in [0.15, 0.2) is 53.1 Å². The maximum Gasteiger partial charge on any atom is 0.253 e. The third kappa shape index (κ3) is 3.34. The first-order valence-electron chi connectivity index (χ1n) is 8.86. The Bertz CT molecular complexity index is 1170. The highest BCUT2D eigenvalue weighted by Crippen LogP contribution is 2.34. The number of carbonyl (C=O) groups is 1. The van der Waals surface area contributed by atoms with E-state index in [4.69, 9.17) is 11.6 Å². The van der Waals surface area contributed by atoms with Gasteiger partial charge in [-0.15, -0.1) is 16.4 Å². The lowest BCUT2D eigenvalue weighted by Gasteiger charge is -2.21. The van der Waals surface area contributed by atoms with E-state index in [-0.39, 0.29) is 11.7 Å². The molecule has 3 aromatic heterocycles. The fourth-order valence-corrected chi connectivity index (χ4v) is 5.35. The zero-order valence-corrected chi connectivity index (χ0v) is 17.1. The summed E-state index contributed by atoms with van der Waals surface area (Å²) in [6.07, 6.45) is 3.05. The Labute approximate surface area is 174 Å². The summed E-state index contributed by atoms with van der Waals surface area (Å²) >= 11 is 9.42. The normalized spacial score (nSPS) is 16.5. The highest BCUT2D eigenvalue weighted by atomic mass is 35.5. The van der Waals surface area contributed by atoms with Crippen molar-refractivity contribution < 1.29 is 4.79 Å². The number of carbonyl (C=O) groups excluding carboxylic acids is 1. The van der Waals surface area contributed by atoms with Crippen molar-refractivity contribution in [2.75, 3.05) is 0 Å². The molecule has 1 atom stereocenters. The molecule has 1 aromatic carbocycles. The summed E-state index contributed by atoms with van der Waals surface area (Å²) in [4.78, 5) is 23.1. The summed E-state index contributed by atoms with van der Waals surface area (Å²) in [7, 11) is 0. The Kier molecular flexibility index (Phi) is 4.66. The van der Waals surface area contributed by atoms with E-state index >= 15 is 0 Å². The van der Waals surface area contributed by atoms with Gasteiger partial charge < -0.3 is 0 Å². The van der Waals surface area contributed by atoms with Crippen LogP contribution >= 0.6 is 34.7 Å². The van der Waals surface area contributed by atoms with Crippen molar-refractivity contribution in [3.05, 3.63) is 74.7 Å². The summed E-state index contributed by atoms with van der Waals surface area (Å²) in [5.41, 5.74) is 2.51. The zero-order valence-electron chi connectivity index (χ0n) is 14.7. The number of rotatable bonds is 4. The molecule has 0 fully saturated rings. The fourth-order valence-electron chi connectivity index (χ4n) is 3.41. The van der Waals surface area contributed by atoms with Crippen molar-refractivity contribution in [1.82, 2.24) is 19.6 Å². The lowest BCUT2D eigenvalue weighted by molar-refractivity contribution is 0.0963. The molecule has 0 saturated heterocycles. The van der Waals surface area contributed by atoms with E-state index in [1.807, 2.05) is 35.7 Å². The smallest absolute Gasteiger partial charge is 0.253 e. The number of thiophene rings is 1. The Morgan fingerprint density at radius 3 is 2.89 bits per heavy atom. The molecule has 1 aliphatic rings. The van der Waals surface area contributed by atoms with Crippen LogP contribution in [-0.4, -0.2) is 25.4 Å². The molecule has 5 nitrogen and oxygen atoms in total. The number of halogens is 1. The van der Waals surface area contributed by atoms with E-state index < -0.39 is 0 Å². The van der Waals surface area contributed by atoms with Crippen molar-refractivity contribution in [2.24, 2.45) is 0 Å². The Hall–Kier alpha value is -2.22. The van der Waals surface area contributed by atoms with Crippen LogP contribution in [0.5, 0.6) is 0 Å². The predicted octanol–water partition coefficient (Wildman–Crippen LogP) is 5.04. The second-order valence-corrected chi connectivity index (χ2v) is 8.99. The van der Waals surface area contributed by atoms with E-state index in [9.17, 15) is 4.79 Å². The summed E-state index contributed by atoms with van der Waals surface area (Å²) < 4.78 is 1.61. The van der Waals surface area contributed by atoms with Crippen LogP contribution in [-0.2, 0) is 12.2 Å². The van der Waals surface area contributed by atoms with Crippen LogP contribution < -0.4 is 0 Å². The highest BCUT2D eigenvalue weighted by molar-refractivity contribution is 7.98. The monoisotopic (exact) mass is 426 g/mol. The minimum Gasteiger partial charge on any atom is -0.294 e. The Morgan fingerprint density at radius 2 is 2.07 bits per heavy atom. The number of Topliss-reactive ketones (excluding diaryl/α,β-unsaturated/α-hetero) is 1. The van der Waals surface area contributed by atoms with Gasteiger partial charge in [0.05, 0.1) is 11.3 Å². The van der Waals surface area contributed by atoms with Crippen LogP contribution in [0.3, 0.4) is 0 Å². The number of aromatic nitrogens is 4. The number of fused-ring (bicyclic) bond motifs is 2. The molecule has 0 N–H and O–H groups in total. The lowest BCUT2D eigenvalue weighted by Crippen LogP contribution is -2.20. The largest absolute Gasteiger partial charge is 0.294 e. The molecule has 1 aliphatic carbocycles. The molecule has 5 rings (SSSR count). The van der Waals surface area contributed by atoms with Gasteiger partial charge in [-0.05, 0) is 29.5 Å². The topological polar surface area (TPSA) is 60.2 Å². The summed E-state index contributed by atoms with van der Waals surface area (Å²) in [5.74, 6) is 1.53. The van der Waals surface area contributed by atoms with Gasteiger partial charge in [-0.1, -0.05) is 47.6 Å². The molecular formula is C20H15ClN4OS2. The Balaban J connectivity index is 1.42. The molecule has 8 heteroatoms. The number of benzene rings is 1. The minimum absolute atomic E-state index is 0.120. The van der Waals surface area contributed by atoms with Gasteiger partial charge in [-0.2, -0.15) is 4.98 Å². The van der Waals surface area contributed by atoms with Crippen LogP contribution in [0.1, 0.15) is 38.8 Å². The number of hydrogen-bond donors (Lipinski definition) is 0. The van der Waals surface area contributed by atoms with Gasteiger partial charge in [0.25, 0.3) is 5.78 Å². The molecule has 3 heterocycles. The first-order valence-corrected chi connectivity index (χ1v) is 11.1. The first-order chi connectivity index (χ1) is 13.7. The minimum atomic E-state index is 0.120. The second kappa shape index (κ2) is 7.31. The SMILES string of the molecule is O=C1CC(c2cccs2)Cc2nc3nc(SCc4ccccc4Cl)nn3cc21. The van der Waals surface area contributed by atoms with E-state index in [2.05, 4.69) is 21.1 Å². The van der Waals surface area contributed by atoms with Crippen molar-refractivity contribution >= 4 is 46.3 Å². The standard InChI is InChI=1S/C20H15ClN4OS2/c21-15-5-2-1-4-12(15)11-28-20-23-19-22-16-8-13(18-6-3-7-27-18)9-17(26)14(16)10-25(19)24-20/h1-7,10,13H,8-9,11H2. The second-order valence-electron chi connectivity index (χ2n) is 6.66. The highest BCUT2D eigenvalue weighted by Gasteiger charge is 2.29. The molecule has 1 unspecified atom stereocenters. The summed E-state index contributed by atoms with van der Waals surface area (Å²) in [6.45, 7) is 0. The number of ketones is 1. The van der Waals surface area contributed by atoms with Gasteiger partial charge in [-0.3, -0.25) is 4.79 Å². The van der Waals surface area contributed by atoms with Crippen molar-refractivity contribution in [1.29, 1.82) is 0 Å². The quantitative estimate of drug-likeness (QED) is 0.427. The molecule has 4 aromatic rings. The van der Waals surface area contributed by atoms with Gasteiger partial charge in [-0.25, -0.2) is 9.50 Å². The molecule has 0 aliphatic heterocycles. The molecule has 0 bridgehead atoms. The van der Waals surface area contributed by atoms with Crippen molar-refractivity contribution in [3.63, 3.8) is 0 Å². The molecule has 0 saturated carbocycles. The van der Waals surface area contributed by atoms with E-state index in [0.717, 1.165) is 22.7 Å². The van der Waals surface area contributed by atoms with E-state index in [1.54, 1.807) is 22.0 Å². The molecule has 0 spiro atoms. The third-order valence-corrected chi connectivity index (χ3v) is 7.11. The molecule has 140 valence electrons. The van der Waals surface area contributed by atoms with Gasteiger partial charge in [0, 0.05) is 34.2 Å². The van der Waals surface area contributed by atoms with Crippen LogP contribution in [0, 0.1) is 0 Å². The average Bonchev–Trinajstić information content (AvgIpc) is 3.35. The molecule has 0 radical (unpaired) electrons. The average molecular weight is 427 g/mol. The zero-order chi connectivity index (χ0) is 19.1. The van der Waals surface area contributed by atoms with Crippen molar-refractivity contribution in [2.45, 2.75) is 29.7 Å². The molecule has 0 amide bonds. The van der Waals surface area contributed by atoms with Gasteiger partial charge in [0.15, 0.2) is 5.78 Å². The van der Waals surface area contributed by atoms with Gasteiger partial charge in [0.1, 0.15) is 0 Å². The predicted molar refractivity (Wildman–Crippen MR) is 112 cm³/mol. The van der Waals surface area contributed by atoms with E-state index in [1.165, 1.54) is 16.6 Å². The first kappa shape index (κ1) is 17.8. The Morgan fingerprint density at radius 1 is 1.18 bits per heavy atom.